The van der Waals surface area contributed by atoms with Crippen LogP contribution in [0.5, 0.6) is 0 Å². The fourth-order valence-electron chi connectivity index (χ4n) is 1.28. The van der Waals surface area contributed by atoms with Crippen molar-refractivity contribution in [2.24, 2.45) is 5.73 Å². The maximum atomic E-state index is 12.7. The quantitative estimate of drug-likeness (QED) is 0.719. The molecule has 1 nitrogen and oxygen atoms in total. The van der Waals surface area contributed by atoms with Gasteiger partial charge < -0.3 is 5.73 Å². The van der Waals surface area contributed by atoms with E-state index >= 15 is 0 Å². The molecule has 1 rings (SSSR count). The molecule has 0 saturated carbocycles. The van der Waals surface area contributed by atoms with Crippen LogP contribution < -0.4 is 5.73 Å². The van der Waals surface area contributed by atoms with Crippen LogP contribution >= 0.6 is 0 Å². The summed E-state index contributed by atoms with van der Waals surface area (Å²) in [5.74, 6) is -0.195. The van der Waals surface area contributed by atoms with Crippen LogP contribution in [-0.2, 0) is 0 Å². The first kappa shape index (κ1) is 9.20. The summed E-state index contributed by atoms with van der Waals surface area (Å²) in [5.41, 5.74) is 7.80. The van der Waals surface area contributed by atoms with Crippen molar-refractivity contribution < 1.29 is 4.39 Å². The van der Waals surface area contributed by atoms with Crippen LogP contribution in [0.3, 0.4) is 0 Å². The maximum absolute atomic E-state index is 12.7. The van der Waals surface area contributed by atoms with Gasteiger partial charge in [0.1, 0.15) is 5.82 Å². The Kier molecular flexibility index (Phi) is 2.82. The molecule has 2 heteroatoms. The molecule has 0 fully saturated rings. The van der Waals surface area contributed by atoms with E-state index in [2.05, 4.69) is 0 Å². The van der Waals surface area contributed by atoms with Crippen molar-refractivity contribution in [3.63, 3.8) is 0 Å². The van der Waals surface area contributed by atoms with Crippen LogP contribution in [0.4, 0.5) is 4.39 Å². The highest BCUT2D eigenvalue weighted by Gasteiger charge is 2.06. The summed E-state index contributed by atoms with van der Waals surface area (Å²) in [5, 5.41) is 0. The summed E-state index contributed by atoms with van der Waals surface area (Å²) in [7, 11) is 0. The average Bonchev–Trinajstić information content (AvgIpc) is 2.03. The molecule has 0 bridgehead atoms. The Morgan fingerprint density at radius 2 is 2.17 bits per heavy atom. The van der Waals surface area contributed by atoms with Crippen LogP contribution in [0.15, 0.2) is 18.2 Å². The second kappa shape index (κ2) is 3.68. The maximum Gasteiger partial charge on any atom is 0.123 e. The zero-order valence-electron chi connectivity index (χ0n) is 7.47. The number of nitrogens with two attached hydrogens (primary N) is 1. The molecule has 1 aromatic rings. The smallest absolute Gasteiger partial charge is 0.123 e. The lowest BCUT2D eigenvalue weighted by molar-refractivity contribution is 0.621. The molecule has 0 aliphatic rings. The van der Waals surface area contributed by atoms with Gasteiger partial charge in [-0.15, -0.1) is 0 Å². The molecule has 0 aliphatic carbocycles. The van der Waals surface area contributed by atoms with Crippen molar-refractivity contribution in [1.82, 2.24) is 0 Å². The van der Waals surface area contributed by atoms with Gasteiger partial charge in [0.25, 0.3) is 0 Å². The first-order valence-corrected chi connectivity index (χ1v) is 4.16. The van der Waals surface area contributed by atoms with E-state index in [4.69, 9.17) is 5.73 Å². The molecule has 1 atom stereocenters. The minimum absolute atomic E-state index is 0.0330. The predicted molar refractivity (Wildman–Crippen MR) is 48.4 cm³/mol. The first-order valence-electron chi connectivity index (χ1n) is 4.16. The molecular formula is C10H14FN. The molecule has 0 spiro atoms. The Morgan fingerprint density at radius 1 is 1.50 bits per heavy atom. The fraction of sp³-hybridized carbons (Fsp3) is 0.400. The topological polar surface area (TPSA) is 26.0 Å². The highest BCUT2D eigenvalue weighted by molar-refractivity contribution is 5.29. The normalized spacial score (nSPS) is 13.0. The molecule has 66 valence electrons. The number of rotatable bonds is 2. The van der Waals surface area contributed by atoms with Crippen LogP contribution in [0, 0.1) is 12.7 Å². The van der Waals surface area contributed by atoms with Crippen LogP contribution in [0.1, 0.15) is 30.5 Å². The largest absolute Gasteiger partial charge is 0.324 e. The molecule has 0 amide bonds. The summed E-state index contributed by atoms with van der Waals surface area (Å²) in [4.78, 5) is 0. The minimum Gasteiger partial charge on any atom is -0.324 e. The van der Waals surface area contributed by atoms with E-state index < -0.39 is 0 Å². The van der Waals surface area contributed by atoms with Gasteiger partial charge in [0.05, 0.1) is 0 Å². The molecule has 0 radical (unpaired) electrons. The third-order valence-electron chi connectivity index (χ3n) is 2.07. The lowest BCUT2D eigenvalue weighted by Gasteiger charge is -2.11. The Labute approximate surface area is 72.4 Å². The molecule has 0 heterocycles. The summed E-state index contributed by atoms with van der Waals surface area (Å²) in [6, 6.07) is 4.77. The standard InChI is InChI=1S/C10H14FN/c1-3-10(12)9-5-4-8(11)6-7(9)2/h4-6,10H,3,12H2,1-2H3/t10-/m0/s1. The van der Waals surface area contributed by atoms with Crippen molar-refractivity contribution in [2.45, 2.75) is 26.3 Å². The number of hydrogen-bond acceptors (Lipinski definition) is 1. The van der Waals surface area contributed by atoms with Gasteiger partial charge in [-0.25, -0.2) is 4.39 Å². The predicted octanol–water partition coefficient (Wildman–Crippen LogP) is 2.54. The van der Waals surface area contributed by atoms with Gasteiger partial charge in [-0.3, -0.25) is 0 Å². The van der Waals surface area contributed by atoms with Crippen LogP contribution in [0.2, 0.25) is 0 Å². The monoisotopic (exact) mass is 167 g/mol. The highest BCUT2D eigenvalue weighted by Crippen LogP contribution is 2.18. The minimum atomic E-state index is -0.195. The number of benzene rings is 1. The molecule has 0 aromatic heterocycles. The lowest BCUT2D eigenvalue weighted by atomic mass is 10.0. The van der Waals surface area contributed by atoms with E-state index in [1.165, 1.54) is 12.1 Å². The van der Waals surface area contributed by atoms with E-state index in [0.717, 1.165) is 17.5 Å². The van der Waals surface area contributed by atoms with E-state index in [1.54, 1.807) is 6.07 Å². The molecule has 1 aromatic carbocycles. The highest BCUT2D eigenvalue weighted by atomic mass is 19.1. The molecule has 0 unspecified atom stereocenters. The van der Waals surface area contributed by atoms with Crippen molar-refractivity contribution in [2.75, 3.05) is 0 Å². The summed E-state index contributed by atoms with van der Waals surface area (Å²) >= 11 is 0. The van der Waals surface area contributed by atoms with Crippen molar-refractivity contribution in [3.8, 4) is 0 Å². The van der Waals surface area contributed by atoms with E-state index in [9.17, 15) is 4.39 Å². The Morgan fingerprint density at radius 3 is 2.67 bits per heavy atom. The number of hydrogen-bond donors (Lipinski definition) is 1. The number of aryl methyl sites for hydroxylation is 1. The van der Waals surface area contributed by atoms with Gasteiger partial charge >= 0.3 is 0 Å². The van der Waals surface area contributed by atoms with Crippen molar-refractivity contribution in [3.05, 3.63) is 35.1 Å². The Balaban J connectivity index is 3.01. The summed E-state index contributed by atoms with van der Waals surface area (Å²) in [6.45, 7) is 3.90. The molecular weight excluding hydrogens is 153 g/mol. The summed E-state index contributed by atoms with van der Waals surface area (Å²) in [6.07, 6.45) is 0.881. The SMILES string of the molecule is CC[C@H](N)c1ccc(F)cc1C. The van der Waals surface area contributed by atoms with E-state index in [1.807, 2.05) is 13.8 Å². The van der Waals surface area contributed by atoms with Gasteiger partial charge in [0.2, 0.25) is 0 Å². The van der Waals surface area contributed by atoms with Gasteiger partial charge in [0.15, 0.2) is 0 Å². The van der Waals surface area contributed by atoms with Gasteiger partial charge in [-0.05, 0) is 36.6 Å². The summed E-state index contributed by atoms with van der Waals surface area (Å²) < 4.78 is 12.7. The molecule has 12 heavy (non-hydrogen) atoms. The number of halogens is 1. The Hall–Kier alpha value is -0.890. The molecule has 2 N–H and O–H groups in total. The van der Waals surface area contributed by atoms with Crippen molar-refractivity contribution >= 4 is 0 Å². The first-order chi connectivity index (χ1) is 5.65. The van der Waals surface area contributed by atoms with Crippen LogP contribution in [0.25, 0.3) is 0 Å². The van der Waals surface area contributed by atoms with Crippen molar-refractivity contribution in [1.29, 1.82) is 0 Å². The zero-order chi connectivity index (χ0) is 9.14. The Bertz CT molecular complexity index is 271. The van der Waals surface area contributed by atoms with Gasteiger partial charge in [-0.2, -0.15) is 0 Å². The third kappa shape index (κ3) is 1.83. The van der Waals surface area contributed by atoms with E-state index in [-0.39, 0.29) is 11.9 Å². The second-order valence-corrected chi connectivity index (χ2v) is 3.02. The third-order valence-corrected chi connectivity index (χ3v) is 2.07. The van der Waals surface area contributed by atoms with E-state index in [0.29, 0.717) is 0 Å². The average molecular weight is 167 g/mol. The lowest BCUT2D eigenvalue weighted by Crippen LogP contribution is -2.10. The van der Waals surface area contributed by atoms with Gasteiger partial charge in [0, 0.05) is 6.04 Å². The second-order valence-electron chi connectivity index (χ2n) is 3.02. The fourth-order valence-corrected chi connectivity index (χ4v) is 1.28. The molecule has 0 aliphatic heterocycles. The zero-order valence-corrected chi connectivity index (χ0v) is 7.47. The van der Waals surface area contributed by atoms with Crippen LogP contribution in [-0.4, -0.2) is 0 Å². The molecule has 0 saturated heterocycles. The van der Waals surface area contributed by atoms with Gasteiger partial charge in [-0.1, -0.05) is 13.0 Å².